The van der Waals surface area contributed by atoms with Crippen molar-refractivity contribution in [1.29, 1.82) is 0 Å². The van der Waals surface area contributed by atoms with Crippen molar-refractivity contribution in [1.82, 2.24) is 0 Å². The molecule has 0 bridgehead atoms. The van der Waals surface area contributed by atoms with Crippen LogP contribution in [0.3, 0.4) is 0 Å². The molecule has 1 heterocycles. The van der Waals surface area contributed by atoms with E-state index in [2.05, 4.69) is 6.92 Å². The summed E-state index contributed by atoms with van der Waals surface area (Å²) in [6.45, 7) is 2.84. The van der Waals surface area contributed by atoms with Gasteiger partial charge in [0.25, 0.3) is 5.91 Å². The van der Waals surface area contributed by atoms with E-state index in [1.807, 2.05) is 71.6 Å². The zero-order valence-corrected chi connectivity index (χ0v) is 17.9. The number of fused-ring (bicyclic) bond motifs is 1. The molecular weight excluding hydrogens is 384 g/mol. The van der Waals surface area contributed by atoms with Gasteiger partial charge in [0, 0.05) is 24.1 Å². The Kier molecular flexibility index (Phi) is 6.46. The first kappa shape index (κ1) is 20.9. The largest absolute Gasteiger partial charge is 0.508 e. The van der Waals surface area contributed by atoms with Crippen LogP contribution in [-0.4, -0.2) is 29.3 Å². The van der Waals surface area contributed by atoms with E-state index in [1.165, 1.54) is 0 Å². The number of benzene rings is 3. The molecule has 0 fully saturated rings. The van der Waals surface area contributed by atoms with Crippen molar-refractivity contribution in [2.45, 2.75) is 38.6 Å². The number of para-hydroxylation sites is 1. The quantitative estimate of drug-likeness (QED) is 0.530. The number of phenols is 1. The minimum Gasteiger partial charge on any atom is -0.508 e. The van der Waals surface area contributed by atoms with Gasteiger partial charge in [-0.05, 0) is 30.2 Å². The summed E-state index contributed by atoms with van der Waals surface area (Å²) < 4.78 is 0. The van der Waals surface area contributed by atoms with Crippen LogP contribution >= 0.6 is 0 Å². The molecule has 158 valence electrons. The maximum Gasteiger partial charge on any atom is 0.252 e. The van der Waals surface area contributed by atoms with Gasteiger partial charge in [-0.25, -0.2) is 0 Å². The summed E-state index contributed by atoms with van der Waals surface area (Å²) in [6, 6.07) is 24.6. The number of carbonyl (C=O) groups excluding carboxylic acids is 1. The second-order valence-corrected chi connectivity index (χ2v) is 7.95. The zero-order chi connectivity index (χ0) is 21.6. The van der Waals surface area contributed by atoms with Crippen LogP contribution in [0.2, 0.25) is 0 Å². The summed E-state index contributed by atoms with van der Waals surface area (Å²) in [4.78, 5) is 20.6. The highest BCUT2D eigenvalue weighted by Gasteiger charge is 2.31. The molecule has 0 saturated carbocycles. The predicted octanol–water partition coefficient (Wildman–Crippen LogP) is 5.38. The molecule has 4 nitrogen and oxygen atoms in total. The molecule has 0 aliphatic carbocycles. The van der Waals surface area contributed by atoms with E-state index >= 15 is 0 Å². The fourth-order valence-electron chi connectivity index (χ4n) is 4.09. The van der Waals surface area contributed by atoms with Crippen LogP contribution in [0.4, 0.5) is 5.69 Å². The number of phenolic OH excluding ortho intramolecular Hbond substituents is 1. The van der Waals surface area contributed by atoms with E-state index in [0.29, 0.717) is 13.0 Å². The van der Waals surface area contributed by atoms with Gasteiger partial charge in [-0.2, -0.15) is 0 Å². The van der Waals surface area contributed by atoms with Gasteiger partial charge in [-0.1, -0.05) is 80.4 Å². The van der Waals surface area contributed by atoms with Gasteiger partial charge < -0.3 is 10.0 Å². The Hall–Kier alpha value is -3.40. The molecule has 3 aromatic carbocycles. The first-order chi connectivity index (χ1) is 15.2. The summed E-state index contributed by atoms with van der Waals surface area (Å²) in [5.41, 5.74) is 4.46. The molecule has 0 spiro atoms. The summed E-state index contributed by atoms with van der Waals surface area (Å²) in [7, 11) is 0. The van der Waals surface area contributed by atoms with E-state index in [0.717, 1.165) is 47.4 Å². The lowest BCUT2D eigenvalue weighted by Gasteiger charge is -2.25. The Morgan fingerprint density at radius 2 is 1.71 bits per heavy atom. The Bertz CT molecular complexity index is 1080. The maximum absolute atomic E-state index is 13.7. The van der Waals surface area contributed by atoms with Crippen molar-refractivity contribution in [3.8, 4) is 5.75 Å². The van der Waals surface area contributed by atoms with Crippen LogP contribution in [0.15, 0.2) is 83.9 Å². The van der Waals surface area contributed by atoms with Gasteiger partial charge in [0.15, 0.2) is 0 Å². The fraction of sp³-hybridized carbons (Fsp3) is 0.259. The minimum absolute atomic E-state index is 0.0301. The molecule has 1 unspecified atom stereocenters. The Morgan fingerprint density at radius 3 is 2.48 bits per heavy atom. The van der Waals surface area contributed by atoms with Crippen LogP contribution in [0.25, 0.3) is 0 Å². The normalized spacial score (nSPS) is 15.9. The van der Waals surface area contributed by atoms with Crippen molar-refractivity contribution in [3.63, 3.8) is 0 Å². The van der Waals surface area contributed by atoms with Gasteiger partial charge >= 0.3 is 0 Å². The van der Waals surface area contributed by atoms with Crippen LogP contribution in [0, 0.1) is 0 Å². The summed E-state index contributed by atoms with van der Waals surface area (Å²) >= 11 is 0. The highest BCUT2D eigenvalue weighted by atomic mass is 16.3. The number of rotatable bonds is 7. The number of nitrogens with zero attached hydrogens (tertiary/aromatic N) is 2. The van der Waals surface area contributed by atoms with Gasteiger partial charge in [-0.3, -0.25) is 9.79 Å². The molecule has 1 aliphatic rings. The molecule has 4 heteroatoms. The lowest BCUT2D eigenvalue weighted by molar-refractivity contribution is -0.119. The van der Waals surface area contributed by atoms with E-state index in [-0.39, 0.29) is 11.7 Å². The molecule has 4 rings (SSSR count). The van der Waals surface area contributed by atoms with E-state index in [4.69, 9.17) is 4.99 Å². The number of benzodiazepines with no additional fused rings is 1. The lowest BCUT2D eigenvalue weighted by Crippen LogP contribution is -2.39. The van der Waals surface area contributed by atoms with Gasteiger partial charge in [0.2, 0.25) is 0 Å². The molecule has 0 saturated heterocycles. The third-order valence-corrected chi connectivity index (χ3v) is 5.66. The Morgan fingerprint density at radius 1 is 0.935 bits per heavy atom. The molecule has 3 aromatic rings. The number of unbranched alkanes of at least 4 members (excludes halogenated alkanes) is 2. The molecule has 31 heavy (non-hydrogen) atoms. The number of anilines is 1. The Balaban J connectivity index is 1.83. The predicted molar refractivity (Wildman–Crippen MR) is 126 cm³/mol. The summed E-state index contributed by atoms with van der Waals surface area (Å²) in [5.74, 6) is 0.218. The van der Waals surface area contributed by atoms with Gasteiger partial charge in [0.05, 0.1) is 11.4 Å². The average molecular weight is 413 g/mol. The summed E-state index contributed by atoms with van der Waals surface area (Å²) in [6.07, 6.45) is 3.67. The topological polar surface area (TPSA) is 52.9 Å². The molecule has 1 N–H and O–H groups in total. The number of carbonyl (C=O) groups is 1. The highest BCUT2D eigenvalue weighted by Crippen LogP contribution is 2.30. The van der Waals surface area contributed by atoms with Crippen molar-refractivity contribution < 1.29 is 9.90 Å². The first-order valence-electron chi connectivity index (χ1n) is 11.0. The number of hydrogen-bond donors (Lipinski definition) is 1. The van der Waals surface area contributed by atoms with Crippen LogP contribution in [0.1, 0.15) is 42.9 Å². The summed E-state index contributed by atoms with van der Waals surface area (Å²) in [5, 5.41) is 10.1. The Labute approximate surface area is 183 Å². The van der Waals surface area contributed by atoms with E-state index in [9.17, 15) is 9.90 Å². The molecule has 1 atom stereocenters. The number of aliphatic imine (C=N–C) groups is 1. The molecule has 0 aromatic heterocycles. The van der Waals surface area contributed by atoms with Crippen molar-refractivity contribution >= 4 is 17.3 Å². The third-order valence-electron chi connectivity index (χ3n) is 5.66. The lowest BCUT2D eigenvalue weighted by atomic mass is 9.99. The zero-order valence-electron chi connectivity index (χ0n) is 17.9. The van der Waals surface area contributed by atoms with E-state index < -0.39 is 6.04 Å². The first-order valence-corrected chi connectivity index (χ1v) is 11.0. The van der Waals surface area contributed by atoms with Gasteiger partial charge in [0.1, 0.15) is 11.8 Å². The van der Waals surface area contributed by atoms with Crippen molar-refractivity contribution in [2.24, 2.45) is 4.99 Å². The standard InChI is InChI=1S/C27H28N2O2/c1-2-3-9-17-29-25-16-8-7-15-23(25)26(21-13-10-14-22(30)19-21)28-24(27(29)31)18-20-11-5-4-6-12-20/h4-8,10-16,19,24,30H,2-3,9,17-18H2,1H3. The van der Waals surface area contributed by atoms with Crippen LogP contribution < -0.4 is 4.90 Å². The smallest absolute Gasteiger partial charge is 0.252 e. The number of hydrogen-bond acceptors (Lipinski definition) is 3. The molecular formula is C27H28N2O2. The molecule has 1 amide bonds. The van der Waals surface area contributed by atoms with Crippen LogP contribution in [0.5, 0.6) is 5.75 Å². The van der Waals surface area contributed by atoms with E-state index in [1.54, 1.807) is 12.1 Å². The van der Waals surface area contributed by atoms with Gasteiger partial charge in [-0.15, -0.1) is 0 Å². The maximum atomic E-state index is 13.7. The molecule has 1 aliphatic heterocycles. The average Bonchev–Trinajstić information content (AvgIpc) is 2.90. The monoisotopic (exact) mass is 412 g/mol. The molecule has 0 radical (unpaired) electrons. The SMILES string of the molecule is CCCCCN1C(=O)C(Cc2ccccc2)N=C(c2cccc(O)c2)c2ccccc21. The van der Waals surface area contributed by atoms with Crippen molar-refractivity contribution in [3.05, 3.63) is 95.6 Å². The minimum atomic E-state index is -0.520. The number of aromatic hydroxyl groups is 1. The van der Waals surface area contributed by atoms with Crippen molar-refractivity contribution in [2.75, 3.05) is 11.4 Å². The second-order valence-electron chi connectivity index (χ2n) is 7.95. The highest BCUT2D eigenvalue weighted by molar-refractivity contribution is 6.20. The number of amides is 1. The van der Waals surface area contributed by atoms with Crippen LogP contribution in [-0.2, 0) is 11.2 Å². The second kappa shape index (κ2) is 9.61. The fourth-order valence-corrected chi connectivity index (χ4v) is 4.09. The third kappa shape index (κ3) is 4.69.